The minimum atomic E-state index is -0.0501. The molecule has 0 unspecified atom stereocenters. The van der Waals surface area contributed by atoms with E-state index in [1.807, 2.05) is 0 Å². The van der Waals surface area contributed by atoms with Gasteiger partial charge in [-0.3, -0.25) is 4.68 Å². The Morgan fingerprint density at radius 2 is 2.12 bits per heavy atom. The van der Waals surface area contributed by atoms with Crippen molar-refractivity contribution in [1.29, 1.82) is 0 Å². The highest BCUT2D eigenvalue weighted by Gasteiger charge is 2.40. The van der Waals surface area contributed by atoms with Gasteiger partial charge in [-0.05, 0) is 37.3 Å². The van der Waals surface area contributed by atoms with Crippen LogP contribution in [0.15, 0.2) is 18.2 Å². The summed E-state index contributed by atoms with van der Waals surface area (Å²) in [6.07, 6.45) is 4.86. The minimum absolute atomic E-state index is 0.0501. The molecule has 88 valence electrons. The Morgan fingerprint density at radius 3 is 2.76 bits per heavy atom. The van der Waals surface area contributed by atoms with Crippen molar-refractivity contribution in [2.75, 3.05) is 0 Å². The molecule has 2 fully saturated rings. The van der Waals surface area contributed by atoms with E-state index >= 15 is 0 Å². The van der Waals surface area contributed by atoms with E-state index in [2.05, 4.69) is 35.0 Å². The van der Waals surface area contributed by atoms with Gasteiger partial charge in [0.1, 0.15) is 0 Å². The third kappa shape index (κ3) is 1.35. The van der Waals surface area contributed by atoms with Crippen LogP contribution in [-0.2, 0) is 12.6 Å². The number of benzene rings is 1. The fraction of sp³-hybridized carbons (Fsp3) is 0.500. The minimum Gasteiger partial charge on any atom is -0.321 e. The van der Waals surface area contributed by atoms with Gasteiger partial charge in [0.15, 0.2) is 0 Å². The number of nitrogens with two attached hydrogens (primary N) is 1. The standard InChI is InChI=1S/C14H17N3/c1-17-13(9-2-3-9)11-5-4-10(8-12(11)16-17)14(15)6-7-14/h4-5,8-9H,2-3,6-7,15H2,1H3. The molecule has 4 rings (SSSR count). The van der Waals surface area contributed by atoms with E-state index in [4.69, 9.17) is 5.73 Å². The normalized spacial score (nSPS) is 22.0. The average molecular weight is 227 g/mol. The van der Waals surface area contributed by atoms with Gasteiger partial charge in [-0.1, -0.05) is 12.1 Å². The molecular weight excluding hydrogens is 210 g/mol. The van der Waals surface area contributed by atoms with Gasteiger partial charge in [-0.15, -0.1) is 0 Å². The molecule has 1 aromatic heterocycles. The van der Waals surface area contributed by atoms with Crippen molar-refractivity contribution in [3.8, 4) is 0 Å². The third-order valence-electron chi connectivity index (χ3n) is 4.21. The average Bonchev–Trinajstić information content (AvgIpc) is 3.20. The second kappa shape index (κ2) is 2.91. The zero-order valence-electron chi connectivity index (χ0n) is 10.1. The van der Waals surface area contributed by atoms with Crippen LogP contribution in [0.3, 0.4) is 0 Å². The first kappa shape index (κ1) is 9.66. The molecule has 0 spiro atoms. The summed E-state index contributed by atoms with van der Waals surface area (Å²) in [7, 11) is 2.06. The zero-order chi connectivity index (χ0) is 11.6. The Morgan fingerprint density at radius 1 is 1.35 bits per heavy atom. The molecule has 17 heavy (non-hydrogen) atoms. The Balaban J connectivity index is 1.91. The molecule has 2 N–H and O–H groups in total. The molecule has 0 radical (unpaired) electrons. The van der Waals surface area contributed by atoms with Crippen LogP contribution in [-0.4, -0.2) is 9.78 Å². The van der Waals surface area contributed by atoms with E-state index in [1.54, 1.807) is 0 Å². The predicted molar refractivity (Wildman–Crippen MR) is 67.8 cm³/mol. The number of rotatable bonds is 2. The lowest BCUT2D eigenvalue weighted by Crippen LogP contribution is -2.18. The fourth-order valence-electron chi connectivity index (χ4n) is 2.79. The van der Waals surface area contributed by atoms with E-state index in [-0.39, 0.29) is 5.54 Å². The molecule has 3 heteroatoms. The second-order valence-corrected chi connectivity index (χ2v) is 5.67. The Hall–Kier alpha value is -1.35. The molecule has 0 bridgehead atoms. The van der Waals surface area contributed by atoms with Crippen LogP contribution in [0.1, 0.15) is 42.9 Å². The number of fused-ring (bicyclic) bond motifs is 1. The maximum atomic E-state index is 6.24. The maximum absolute atomic E-state index is 6.24. The maximum Gasteiger partial charge on any atom is 0.0929 e. The van der Waals surface area contributed by atoms with Crippen LogP contribution in [0.25, 0.3) is 10.9 Å². The van der Waals surface area contributed by atoms with E-state index in [1.165, 1.54) is 29.5 Å². The Kier molecular flexibility index (Phi) is 1.65. The van der Waals surface area contributed by atoms with Gasteiger partial charge in [0.25, 0.3) is 0 Å². The summed E-state index contributed by atoms with van der Waals surface area (Å²) in [5.74, 6) is 0.739. The smallest absolute Gasteiger partial charge is 0.0929 e. The van der Waals surface area contributed by atoms with E-state index < -0.39 is 0 Å². The summed E-state index contributed by atoms with van der Waals surface area (Å²) in [4.78, 5) is 0. The van der Waals surface area contributed by atoms with E-state index in [9.17, 15) is 0 Å². The topological polar surface area (TPSA) is 43.8 Å². The highest BCUT2D eigenvalue weighted by atomic mass is 15.3. The summed E-state index contributed by atoms with van der Waals surface area (Å²) >= 11 is 0. The third-order valence-corrected chi connectivity index (χ3v) is 4.21. The molecule has 3 nitrogen and oxygen atoms in total. The van der Waals surface area contributed by atoms with Crippen molar-refractivity contribution in [2.24, 2.45) is 12.8 Å². The SMILES string of the molecule is Cn1nc2cc(C3(N)CC3)ccc2c1C1CC1. The molecule has 2 aromatic rings. The molecular formula is C14H17N3. The molecule has 0 saturated heterocycles. The van der Waals surface area contributed by atoms with Crippen LogP contribution in [0.2, 0.25) is 0 Å². The highest BCUT2D eigenvalue weighted by Crippen LogP contribution is 2.46. The van der Waals surface area contributed by atoms with Crippen LogP contribution < -0.4 is 5.73 Å². The lowest BCUT2D eigenvalue weighted by molar-refractivity contribution is 0.722. The van der Waals surface area contributed by atoms with Crippen molar-refractivity contribution in [3.05, 3.63) is 29.5 Å². The van der Waals surface area contributed by atoms with Crippen molar-refractivity contribution in [2.45, 2.75) is 37.1 Å². The summed E-state index contributed by atoms with van der Waals surface area (Å²) in [6.45, 7) is 0. The number of nitrogens with zero attached hydrogens (tertiary/aromatic N) is 2. The first-order valence-corrected chi connectivity index (χ1v) is 6.43. The molecule has 0 aliphatic heterocycles. The number of hydrogen-bond donors (Lipinski definition) is 1. The quantitative estimate of drug-likeness (QED) is 0.856. The van der Waals surface area contributed by atoms with Gasteiger partial charge in [0, 0.05) is 29.6 Å². The fourth-order valence-corrected chi connectivity index (χ4v) is 2.79. The van der Waals surface area contributed by atoms with Gasteiger partial charge in [-0.25, -0.2) is 0 Å². The summed E-state index contributed by atoms with van der Waals surface area (Å²) < 4.78 is 2.06. The Labute approximate surface area is 101 Å². The van der Waals surface area contributed by atoms with Gasteiger partial charge >= 0.3 is 0 Å². The lowest BCUT2D eigenvalue weighted by atomic mass is 10.0. The number of aromatic nitrogens is 2. The van der Waals surface area contributed by atoms with Gasteiger partial charge in [-0.2, -0.15) is 5.10 Å². The molecule has 1 heterocycles. The van der Waals surface area contributed by atoms with Gasteiger partial charge in [0.05, 0.1) is 5.52 Å². The molecule has 1 aromatic carbocycles. The first-order valence-electron chi connectivity index (χ1n) is 6.43. The summed E-state index contributed by atoms with van der Waals surface area (Å²) in [5, 5.41) is 5.96. The van der Waals surface area contributed by atoms with Crippen LogP contribution >= 0.6 is 0 Å². The van der Waals surface area contributed by atoms with Crippen molar-refractivity contribution in [1.82, 2.24) is 9.78 Å². The zero-order valence-corrected chi connectivity index (χ0v) is 10.1. The van der Waals surface area contributed by atoms with Crippen LogP contribution in [0.4, 0.5) is 0 Å². The van der Waals surface area contributed by atoms with Crippen molar-refractivity contribution < 1.29 is 0 Å². The lowest BCUT2D eigenvalue weighted by Gasteiger charge is -2.08. The molecule has 0 amide bonds. The molecule has 2 saturated carbocycles. The summed E-state index contributed by atoms with van der Waals surface area (Å²) in [5.41, 5.74) is 9.97. The highest BCUT2D eigenvalue weighted by molar-refractivity contribution is 5.83. The molecule has 2 aliphatic rings. The molecule has 0 atom stereocenters. The van der Waals surface area contributed by atoms with Crippen LogP contribution in [0.5, 0.6) is 0 Å². The van der Waals surface area contributed by atoms with Crippen molar-refractivity contribution in [3.63, 3.8) is 0 Å². The summed E-state index contributed by atoms with van der Waals surface area (Å²) in [6, 6.07) is 6.61. The Bertz CT molecular complexity index is 603. The number of hydrogen-bond acceptors (Lipinski definition) is 2. The number of aryl methyl sites for hydroxylation is 1. The van der Waals surface area contributed by atoms with Gasteiger partial charge < -0.3 is 5.73 Å². The molecule has 2 aliphatic carbocycles. The predicted octanol–water partition coefficient (Wildman–Crippen LogP) is 2.40. The van der Waals surface area contributed by atoms with Gasteiger partial charge in [0.2, 0.25) is 0 Å². The monoisotopic (exact) mass is 227 g/mol. The largest absolute Gasteiger partial charge is 0.321 e. The second-order valence-electron chi connectivity index (χ2n) is 5.67. The van der Waals surface area contributed by atoms with Crippen LogP contribution in [0, 0.1) is 0 Å². The van der Waals surface area contributed by atoms with E-state index in [0.717, 1.165) is 24.3 Å². The van der Waals surface area contributed by atoms with E-state index in [0.29, 0.717) is 0 Å². The first-order chi connectivity index (χ1) is 8.17. The van der Waals surface area contributed by atoms with Crippen molar-refractivity contribution >= 4 is 10.9 Å².